The predicted molar refractivity (Wildman–Crippen MR) is 91.3 cm³/mol. The van der Waals surface area contributed by atoms with Crippen molar-refractivity contribution >= 4 is 44.1 Å². The monoisotopic (exact) mass is 369 g/mol. The Hall–Kier alpha value is -1.39. The van der Waals surface area contributed by atoms with Crippen molar-refractivity contribution in [3.8, 4) is 0 Å². The topological polar surface area (TPSA) is 92.2 Å². The fourth-order valence-electron chi connectivity index (χ4n) is 2.14. The van der Waals surface area contributed by atoms with Crippen LogP contribution in [0.1, 0.15) is 22.8 Å². The van der Waals surface area contributed by atoms with E-state index in [4.69, 9.17) is 0 Å². The van der Waals surface area contributed by atoms with Gasteiger partial charge in [-0.2, -0.15) is 8.75 Å². The quantitative estimate of drug-likeness (QED) is 0.696. The smallest absolute Gasteiger partial charge is 0.242 e. The van der Waals surface area contributed by atoms with Gasteiger partial charge in [0.25, 0.3) is 0 Å². The SMILES string of the molecule is C[C@@H](O)c1ccc(CCNS(=O)(=O)c2cccc3nsnc23)s1. The third kappa shape index (κ3) is 3.59. The summed E-state index contributed by atoms with van der Waals surface area (Å²) in [4.78, 5) is 2.05. The first-order valence-corrected chi connectivity index (χ1v) is 9.98. The second-order valence-corrected chi connectivity index (χ2v) is 8.48. The Morgan fingerprint density at radius 3 is 2.83 bits per heavy atom. The van der Waals surface area contributed by atoms with Crippen molar-refractivity contribution < 1.29 is 13.5 Å². The zero-order valence-electron chi connectivity index (χ0n) is 12.3. The summed E-state index contributed by atoms with van der Waals surface area (Å²) in [6.45, 7) is 2.00. The van der Waals surface area contributed by atoms with Crippen LogP contribution in [-0.2, 0) is 16.4 Å². The van der Waals surface area contributed by atoms with Crippen LogP contribution in [0.4, 0.5) is 0 Å². The fourth-order valence-corrected chi connectivity index (χ4v) is 4.88. The van der Waals surface area contributed by atoms with E-state index in [1.807, 2.05) is 12.1 Å². The van der Waals surface area contributed by atoms with Gasteiger partial charge in [0.05, 0.1) is 17.8 Å². The van der Waals surface area contributed by atoms with Crippen LogP contribution in [-0.4, -0.2) is 28.8 Å². The summed E-state index contributed by atoms with van der Waals surface area (Å²) >= 11 is 2.48. The number of hydrogen-bond donors (Lipinski definition) is 2. The minimum absolute atomic E-state index is 0.152. The molecule has 0 aliphatic heterocycles. The van der Waals surface area contributed by atoms with Crippen molar-refractivity contribution in [2.75, 3.05) is 6.54 Å². The molecule has 0 radical (unpaired) electrons. The Morgan fingerprint density at radius 1 is 1.26 bits per heavy atom. The van der Waals surface area contributed by atoms with Crippen LogP contribution in [0.2, 0.25) is 0 Å². The summed E-state index contributed by atoms with van der Waals surface area (Å²) in [5, 5.41) is 9.51. The zero-order valence-corrected chi connectivity index (χ0v) is 14.7. The number of sulfonamides is 1. The standard InChI is InChI=1S/C14H15N3O3S3/c1-9(18)12-6-5-10(21-12)7-8-15-23(19,20)13-4-2-3-11-14(13)17-22-16-11/h2-6,9,15,18H,7-8H2,1H3/t9-/m1/s1. The molecule has 2 aromatic heterocycles. The highest BCUT2D eigenvalue weighted by atomic mass is 32.2. The minimum atomic E-state index is -3.63. The number of nitrogens with one attached hydrogen (secondary N) is 1. The summed E-state index contributed by atoms with van der Waals surface area (Å²) in [5.41, 5.74) is 0.982. The van der Waals surface area contributed by atoms with E-state index in [2.05, 4.69) is 13.5 Å². The molecule has 3 aromatic rings. The Morgan fingerprint density at radius 2 is 2.09 bits per heavy atom. The van der Waals surface area contributed by atoms with Gasteiger partial charge in [-0.3, -0.25) is 0 Å². The third-order valence-electron chi connectivity index (χ3n) is 3.30. The predicted octanol–water partition coefficient (Wildman–Crippen LogP) is 2.33. The lowest BCUT2D eigenvalue weighted by Crippen LogP contribution is -2.26. The van der Waals surface area contributed by atoms with E-state index in [-0.39, 0.29) is 11.4 Å². The van der Waals surface area contributed by atoms with E-state index in [9.17, 15) is 13.5 Å². The highest BCUT2D eigenvalue weighted by Crippen LogP contribution is 2.24. The molecule has 0 unspecified atom stereocenters. The maximum atomic E-state index is 12.4. The Bertz CT molecular complexity index is 915. The molecule has 0 saturated heterocycles. The Kier molecular flexibility index (Phi) is 4.74. The second-order valence-electron chi connectivity index (χ2n) is 5.02. The molecule has 2 N–H and O–H groups in total. The number of aromatic nitrogens is 2. The summed E-state index contributed by atoms with van der Waals surface area (Å²) < 4.78 is 35.6. The molecule has 0 fully saturated rings. The molecule has 122 valence electrons. The van der Waals surface area contributed by atoms with E-state index in [0.717, 1.165) is 21.5 Å². The number of rotatable bonds is 6. The van der Waals surface area contributed by atoms with Crippen molar-refractivity contribution in [1.82, 2.24) is 13.5 Å². The molecule has 6 nitrogen and oxygen atoms in total. The highest BCUT2D eigenvalue weighted by Gasteiger charge is 2.19. The summed E-state index contributed by atoms with van der Waals surface area (Å²) in [5.74, 6) is 0. The van der Waals surface area contributed by atoms with Gasteiger partial charge in [-0.05, 0) is 37.6 Å². The van der Waals surface area contributed by atoms with E-state index in [1.54, 1.807) is 19.1 Å². The van der Waals surface area contributed by atoms with E-state index < -0.39 is 16.1 Å². The van der Waals surface area contributed by atoms with Gasteiger partial charge in [0, 0.05) is 16.3 Å². The first kappa shape index (κ1) is 16.5. The number of hydrogen-bond acceptors (Lipinski definition) is 7. The van der Waals surface area contributed by atoms with Crippen molar-refractivity contribution in [3.63, 3.8) is 0 Å². The van der Waals surface area contributed by atoms with Gasteiger partial charge in [-0.15, -0.1) is 11.3 Å². The molecule has 0 amide bonds. The number of aliphatic hydroxyl groups excluding tert-OH is 1. The van der Waals surface area contributed by atoms with Crippen LogP contribution >= 0.6 is 23.1 Å². The van der Waals surface area contributed by atoms with E-state index >= 15 is 0 Å². The lowest BCUT2D eigenvalue weighted by atomic mass is 10.3. The highest BCUT2D eigenvalue weighted by molar-refractivity contribution is 7.89. The molecule has 3 rings (SSSR count). The largest absolute Gasteiger partial charge is 0.388 e. The van der Waals surface area contributed by atoms with Gasteiger partial charge in [0.2, 0.25) is 10.0 Å². The van der Waals surface area contributed by atoms with Crippen LogP contribution in [0, 0.1) is 0 Å². The maximum absolute atomic E-state index is 12.4. The average molecular weight is 369 g/mol. The molecule has 0 bridgehead atoms. The molecule has 1 atom stereocenters. The molecule has 2 heterocycles. The van der Waals surface area contributed by atoms with Gasteiger partial charge in [-0.1, -0.05) is 6.07 Å². The summed E-state index contributed by atoms with van der Waals surface area (Å²) in [6, 6.07) is 8.70. The molecule has 0 spiro atoms. The van der Waals surface area contributed by atoms with E-state index in [1.165, 1.54) is 17.4 Å². The lowest BCUT2D eigenvalue weighted by Gasteiger charge is -2.06. The summed E-state index contributed by atoms with van der Waals surface area (Å²) in [6.07, 6.45) is 0.0715. The molecule has 9 heteroatoms. The second kappa shape index (κ2) is 6.62. The first-order valence-electron chi connectivity index (χ1n) is 6.95. The van der Waals surface area contributed by atoms with Crippen LogP contribution < -0.4 is 4.72 Å². The van der Waals surface area contributed by atoms with Gasteiger partial charge in [-0.25, -0.2) is 13.1 Å². The molecular weight excluding hydrogens is 354 g/mol. The number of nitrogens with zero attached hydrogens (tertiary/aromatic N) is 2. The molecule has 1 aromatic carbocycles. The number of fused-ring (bicyclic) bond motifs is 1. The molecule has 23 heavy (non-hydrogen) atoms. The van der Waals surface area contributed by atoms with Crippen LogP contribution in [0.5, 0.6) is 0 Å². The van der Waals surface area contributed by atoms with Crippen LogP contribution in [0.15, 0.2) is 35.2 Å². The van der Waals surface area contributed by atoms with Gasteiger partial charge in [0.15, 0.2) is 0 Å². The van der Waals surface area contributed by atoms with Gasteiger partial charge < -0.3 is 5.11 Å². The molecular formula is C14H15N3O3S3. The maximum Gasteiger partial charge on any atom is 0.242 e. The summed E-state index contributed by atoms with van der Waals surface area (Å²) in [7, 11) is -3.63. The molecule has 0 aliphatic rings. The van der Waals surface area contributed by atoms with Crippen LogP contribution in [0.25, 0.3) is 11.0 Å². The lowest BCUT2D eigenvalue weighted by molar-refractivity contribution is 0.203. The van der Waals surface area contributed by atoms with Crippen molar-refractivity contribution in [2.24, 2.45) is 0 Å². The van der Waals surface area contributed by atoms with E-state index in [0.29, 0.717) is 17.5 Å². The Balaban J connectivity index is 1.70. The first-order chi connectivity index (χ1) is 11.0. The molecule has 0 aliphatic carbocycles. The van der Waals surface area contributed by atoms with Crippen LogP contribution in [0.3, 0.4) is 0 Å². The number of thiophene rings is 1. The van der Waals surface area contributed by atoms with Crippen molar-refractivity contribution in [3.05, 3.63) is 40.1 Å². The van der Waals surface area contributed by atoms with Crippen molar-refractivity contribution in [2.45, 2.75) is 24.3 Å². The normalized spacial score (nSPS) is 13.5. The third-order valence-corrected chi connectivity index (χ3v) is 6.65. The number of aliphatic hydroxyl groups is 1. The van der Waals surface area contributed by atoms with Gasteiger partial charge in [0.1, 0.15) is 15.9 Å². The fraction of sp³-hybridized carbons (Fsp3) is 0.286. The van der Waals surface area contributed by atoms with Crippen molar-refractivity contribution in [1.29, 1.82) is 0 Å². The van der Waals surface area contributed by atoms with Gasteiger partial charge >= 0.3 is 0 Å². The molecule has 0 saturated carbocycles. The average Bonchev–Trinajstić information content (AvgIpc) is 3.15. The zero-order chi connectivity index (χ0) is 16.4. The Labute approximate surface area is 142 Å². The number of benzene rings is 1. The minimum Gasteiger partial charge on any atom is -0.388 e.